The maximum Gasteiger partial charge on any atom is 0.262 e. The van der Waals surface area contributed by atoms with Gasteiger partial charge in [-0.3, -0.25) is 4.79 Å². The van der Waals surface area contributed by atoms with Crippen LogP contribution in [0.15, 0.2) is 79.4 Å². The summed E-state index contributed by atoms with van der Waals surface area (Å²) >= 11 is 0. The number of hydrogen-bond acceptors (Lipinski definition) is 4. The largest absolute Gasteiger partial charge is 0.484 e. The van der Waals surface area contributed by atoms with Gasteiger partial charge in [0.2, 0.25) is 10.0 Å². The fourth-order valence-corrected chi connectivity index (χ4v) is 3.85. The summed E-state index contributed by atoms with van der Waals surface area (Å²) in [6.07, 6.45) is 1.48. The highest BCUT2D eigenvalue weighted by molar-refractivity contribution is 7.88. The van der Waals surface area contributed by atoms with Gasteiger partial charge in [0.15, 0.2) is 6.61 Å². The van der Waals surface area contributed by atoms with Gasteiger partial charge >= 0.3 is 0 Å². The van der Waals surface area contributed by atoms with E-state index in [4.69, 9.17) is 4.74 Å². The van der Waals surface area contributed by atoms with Crippen LogP contribution in [0.4, 0.5) is 5.69 Å². The lowest BCUT2D eigenvalue weighted by molar-refractivity contribution is -0.118. The topological polar surface area (TPSA) is 84.5 Å². The molecule has 3 aromatic rings. The normalized spacial score (nSPS) is 11.2. The van der Waals surface area contributed by atoms with Crippen LogP contribution in [0.25, 0.3) is 10.8 Å². The van der Waals surface area contributed by atoms with Crippen molar-refractivity contribution in [3.63, 3.8) is 0 Å². The highest BCUT2D eigenvalue weighted by atomic mass is 32.2. The van der Waals surface area contributed by atoms with E-state index in [1.165, 1.54) is 6.08 Å². The van der Waals surface area contributed by atoms with E-state index in [-0.39, 0.29) is 24.8 Å². The van der Waals surface area contributed by atoms with E-state index in [0.29, 0.717) is 17.0 Å². The summed E-state index contributed by atoms with van der Waals surface area (Å²) < 4.78 is 31.7. The number of rotatable bonds is 9. The number of hydrogen-bond donors (Lipinski definition) is 2. The Morgan fingerprint density at radius 2 is 1.72 bits per heavy atom. The SMILES string of the molecule is C=CCNS(=O)(=O)Cc1ccc(NC(=O)COc2ccc3ccccc3c2)cc1. The van der Waals surface area contributed by atoms with Crippen LogP contribution < -0.4 is 14.8 Å². The second-order valence-electron chi connectivity index (χ2n) is 6.44. The average Bonchev–Trinajstić information content (AvgIpc) is 2.72. The van der Waals surface area contributed by atoms with Crippen LogP contribution in [0, 0.1) is 0 Å². The lowest BCUT2D eigenvalue weighted by Gasteiger charge is -2.09. The number of amides is 1. The molecule has 29 heavy (non-hydrogen) atoms. The van der Waals surface area contributed by atoms with Gasteiger partial charge in [0.25, 0.3) is 5.91 Å². The fraction of sp³-hybridized carbons (Fsp3) is 0.136. The van der Waals surface area contributed by atoms with Gasteiger partial charge in [-0.2, -0.15) is 0 Å². The van der Waals surface area contributed by atoms with E-state index in [0.717, 1.165) is 10.8 Å². The molecule has 6 nitrogen and oxygen atoms in total. The van der Waals surface area contributed by atoms with Crippen molar-refractivity contribution in [3.05, 3.63) is 84.9 Å². The van der Waals surface area contributed by atoms with Crippen LogP contribution in [-0.4, -0.2) is 27.5 Å². The Kier molecular flexibility index (Phi) is 6.64. The summed E-state index contributed by atoms with van der Waals surface area (Å²) in [4.78, 5) is 12.1. The number of nitrogens with one attached hydrogen (secondary N) is 2. The molecule has 3 rings (SSSR count). The predicted octanol–water partition coefficient (Wildman–Crippen LogP) is 3.46. The van der Waals surface area contributed by atoms with Crippen LogP contribution >= 0.6 is 0 Å². The Morgan fingerprint density at radius 1 is 1.00 bits per heavy atom. The molecule has 0 aliphatic rings. The first-order valence-electron chi connectivity index (χ1n) is 9.04. The Hall–Kier alpha value is -3.16. The first-order chi connectivity index (χ1) is 13.9. The van der Waals surface area contributed by atoms with Gasteiger partial charge < -0.3 is 10.1 Å². The minimum atomic E-state index is -3.42. The Balaban J connectivity index is 1.52. The van der Waals surface area contributed by atoms with Crippen molar-refractivity contribution in [1.29, 1.82) is 0 Å². The summed E-state index contributed by atoms with van der Waals surface area (Å²) in [5.41, 5.74) is 1.18. The standard InChI is InChI=1S/C22H22N2O4S/c1-2-13-23-29(26,27)16-17-7-10-20(11-8-17)24-22(25)15-28-21-12-9-18-5-3-4-6-19(18)14-21/h2-12,14,23H,1,13,15-16H2,(H,24,25). The first-order valence-corrected chi connectivity index (χ1v) is 10.7. The summed E-state index contributed by atoms with van der Waals surface area (Å²) in [5.74, 6) is 0.178. The lowest BCUT2D eigenvalue weighted by atomic mass is 10.1. The van der Waals surface area contributed by atoms with Gasteiger partial charge in [0.1, 0.15) is 5.75 Å². The predicted molar refractivity (Wildman–Crippen MR) is 115 cm³/mol. The van der Waals surface area contributed by atoms with E-state index in [2.05, 4.69) is 16.6 Å². The highest BCUT2D eigenvalue weighted by Crippen LogP contribution is 2.20. The smallest absolute Gasteiger partial charge is 0.262 e. The van der Waals surface area contributed by atoms with Crippen molar-refractivity contribution in [2.75, 3.05) is 18.5 Å². The summed E-state index contributed by atoms with van der Waals surface area (Å²) in [5, 5.41) is 4.87. The van der Waals surface area contributed by atoms with E-state index in [1.54, 1.807) is 24.3 Å². The molecule has 0 aliphatic heterocycles. The van der Waals surface area contributed by atoms with Crippen molar-refractivity contribution >= 4 is 32.4 Å². The van der Waals surface area contributed by atoms with E-state index < -0.39 is 10.0 Å². The molecular formula is C22H22N2O4S. The molecule has 0 unspecified atom stereocenters. The molecule has 0 aromatic heterocycles. The Morgan fingerprint density at radius 3 is 2.45 bits per heavy atom. The molecule has 0 spiro atoms. The third kappa shape index (κ3) is 6.17. The van der Waals surface area contributed by atoms with Crippen molar-refractivity contribution in [2.45, 2.75) is 5.75 Å². The second kappa shape index (κ2) is 9.36. The van der Waals surface area contributed by atoms with Gasteiger partial charge in [-0.1, -0.05) is 48.5 Å². The number of carbonyl (C=O) groups is 1. The van der Waals surface area contributed by atoms with Gasteiger partial charge in [-0.25, -0.2) is 13.1 Å². The molecule has 0 heterocycles. The van der Waals surface area contributed by atoms with Gasteiger partial charge in [0.05, 0.1) is 5.75 Å². The fourth-order valence-electron chi connectivity index (χ4n) is 2.74. The molecule has 0 atom stereocenters. The van der Waals surface area contributed by atoms with Crippen molar-refractivity contribution in [2.24, 2.45) is 0 Å². The van der Waals surface area contributed by atoms with Crippen LogP contribution in [0.3, 0.4) is 0 Å². The molecule has 7 heteroatoms. The summed E-state index contributed by atoms with van der Waals surface area (Å²) in [6.45, 7) is 3.54. The first kappa shape index (κ1) is 20.6. The third-order valence-electron chi connectivity index (χ3n) is 4.13. The molecule has 0 radical (unpaired) electrons. The molecule has 3 aromatic carbocycles. The van der Waals surface area contributed by atoms with E-state index >= 15 is 0 Å². The van der Waals surface area contributed by atoms with E-state index in [9.17, 15) is 13.2 Å². The zero-order valence-electron chi connectivity index (χ0n) is 15.8. The van der Waals surface area contributed by atoms with Gasteiger partial charge in [0, 0.05) is 12.2 Å². The Labute approximate surface area is 170 Å². The summed E-state index contributed by atoms with van der Waals surface area (Å²) in [7, 11) is -3.42. The number of ether oxygens (including phenoxy) is 1. The number of sulfonamides is 1. The minimum Gasteiger partial charge on any atom is -0.484 e. The van der Waals surface area contributed by atoms with Crippen molar-refractivity contribution in [1.82, 2.24) is 4.72 Å². The van der Waals surface area contributed by atoms with E-state index in [1.807, 2.05) is 42.5 Å². The maximum absolute atomic E-state index is 12.1. The van der Waals surface area contributed by atoms with Crippen LogP contribution in [0.1, 0.15) is 5.56 Å². The molecule has 150 valence electrons. The molecule has 0 bridgehead atoms. The van der Waals surface area contributed by atoms with Crippen molar-refractivity contribution < 1.29 is 17.9 Å². The number of anilines is 1. The zero-order valence-corrected chi connectivity index (χ0v) is 16.6. The van der Waals surface area contributed by atoms with Crippen LogP contribution in [0.2, 0.25) is 0 Å². The molecule has 0 saturated heterocycles. The molecule has 2 N–H and O–H groups in total. The zero-order chi connectivity index (χ0) is 20.7. The quantitative estimate of drug-likeness (QED) is 0.529. The lowest BCUT2D eigenvalue weighted by Crippen LogP contribution is -2.25. The molecular weight excluding hydrogens is 388 g/mol. The number of fused-ring (bicyclic) bond motifs is 1. The van der Waals surface area contributed by atoms with Crippen LogP contribution in [-0.2, 0) is 20.6 Å². The van der Waals surface area contributed by atoms with Gasteiger partial charge in [-0.05, 0) is 40.6 Å². The monoisotopic (exact) mass is 410 g/mol. The van der Waals surface area contributed by atoms with Gasteiger partial charge in [-0.15, -0.1) is 6.58 Å². The third-order valence-corrected chi connectivity index (χ3v) is 5.45. The molecule has 0 fully saturated rings. The average molecular weight is 410 g/mol. The minimum absolute atomic E-state index is 0.125. The molecule has 0 saturated carbocycles. The highest BCUT2D eigenvalue weighted by Gasteiger charge is 2.10. The van der Waals surface area contributed by atoms with Crippen molar-refractivity contribution in [3.8, 4) is 5.75 Å². The molecule has 0 aliphatic carbocycles. The van der Waals surface area contributed by atoms with Crippen LogP contribution in [0.5, 0.6) is 5.75 Å². The maximum atomic E-state index is 12.1. The number of carbonyl (C=O) groups excluding carboxylic acids is 1. The Bertz CT molecular complexity index is 1110. The molecule has 1 amide bonds. The second-order valence-corrected chi connectivity index (χ2v) is 8.25. The number of benzene rings is 3. The summed E-state index contributed by atoms with van der Waals surface area (Å²) in [6, 6.07) is 20.2.